The molecule has 0 aliphatic carbocycles. The van der Waals surface area contributed by atoms with Crippen molar-refractivity contribution in [2.24, 2.45) is 5.92 Å². The standard InChI is InChI=1S/C11H17NO2/c13-8-11-4-3-10(14-11)6-9-2-1-5-12-7-9/h3-4,9,12-13H,1-2,5-8H2/t9-/m1/s1. The fraction of sp³-hybridized carbons (Fsp3) is 0.636. The molecule has 2 N–H and O–H groups in total. The first-order valence-electron chi connectivity index (χ1n) is 5.27. The van der Waals surface area contributed by atoms with Crippen molar-refractivity contribution in [2.75, 3.05) is 13.1 Å². The molecule has 3 heteroatoms. The number of nitrogens with one attached hydrogen (secondary N) is 1. The van der Waals surface area contributed by atoms with Crippen molar-refractivity contribution >= 4 is 0 Å². The number of aliphatic hydroxyl groups is 1. The second kappa shape index (κ2) is 4.62. The highest BCUT2D eigenvalue weighted by Crippen LogP contribution is 2.18. The van der Waals surface area contributed by atoms with E-state index in [1.165, 1.54) is 12.8 Å². The zero-order valence-electron chi connectivity index (χ0n) is 8.33. The van der Waals surface area contributed by atoms with Gasteiger partial charge in [0.25, 0.3) is 0 Å². The van der Waals surface area contributed by atoms with Crippen LogP contribution in [0.25, 0.3) is 0 Å². The highest BCUT2D eigenvalue weighted by atomic mass is 16.4. The van der Waals surface area contributed by atoms with Crippen molar-refractivity contribution in [3.05, 3.63) is 23.7 Å². The monoisotopic (exact) mass is 195 g/mol. The minimum atomic E-state index is 0.00289. The number of aliphatic hydroxyl groups excluding tert-OH is 1. The van der Waals surface area contributed by atoms with Crippen molar-refractivity contribution in [2.45, 2.75) is 25.9 Å². The smallest absolute Gasteiger partial charge is 0.129 e. The summed E-state index contributed by atoms with van der Waals surface area (Å²) in [6.45, 7) is 2.24. The average molecular weight is 195 g/mol. The summed E-state index contributed by atoms with van der Waals surface area (Å²) in [4.78, 5) is 0. The number of piperidine rings is 1. The van der Waals surface area contributed by atoms with Crippen LogP contribution in [0.1, 0.15) is 24.4 Å². The molecule has 1 aliphatic rings. The van der Waals surface area contributed by atoms with Crippen LogP contribution in [0.3, 0.4) is 0 Å². The van der Waals surface area contributed by atoms with Crippen LogP contribution in [0.4, 0.5) is 0 Å². The molecule has 1 aromatic heterocycles. The fourth-order valence-corrected chi connectivity index (χ4v) is 2.00. The van der Waals surface area contributed by atoms with Crippen LogP contribution in [0.2, 0.25) is 0 Å². The van der Waals surface area contributed by atoms with Gasteiger partial charge in [-0.1, -0.05) is 0 Å². The molecular formula is C11H17NO2. The summed E-state index contributed by atoms with van der Waals surface area (Å²) in [5, 5.41) is 12.2. The second-order valence-corrected chi connectivity index (χ2v) is 3.94. The summed E-state index contributed by atoms with van der Waals surface area (Å²) in [6.07, 6.45) is 3.54. The number of hydrogen-bond acceptors (Lipinski definition) is 3. The fourth-order valence-electron chi connectivity index (χ4n) is 2.00. The van der Waals surface area contributed by atoms with Crippen molar-refractivity contribution in [1.82, 2.24) is 5.32 Å². The zero-order valence-corrected chi connectivity index (χ0v) is 8.33. The maximum absolute atomic E-state index is 8.85. The van der Waals surface area contributed by atoms with Gasteiger partial charge in [-0.3, -0.25) is 0 Å². The van der Waals surface area contributed by atoms with E-state index in [-0.39, 0.29) is 6.61 Å². The Bertz CT molecular complexity index is 277. The second-order valence-electron chi connectivity index (χ2n) is 3.94. The van der Waals surface area contributed by atoms with Crippen molar-refractivity contribution in [1.29, 1.82) is 0 Å². The molecule has 2 heterocycles. The van der Waals surface area contributed by atoms with E-state index in [2.05, 4.69) is 5.32 Å². The maximum atomic E-state index is 8.85. The molecule has 0 bridgehead atoms. The largest absolute Gasteiger partial charge is 0.464 e. The average Bonchev–Trinajstić information content (AvgIpc) is 2.67. The lowest BCUT2D eigenvalue weighted by Crippen LogP contribution is -2.30. The molecule has 0 amide bonds. The normalized spacial score (nSPS) is 22.5. The Balaban J connectivity index is 1.89. The predicted molar refractivity (Wildman–Crippen MR) is 53.9 cm³/mol. The topological polar surface area (TPSA) is 45.4 Å². The third-order valence-electron chi connectivity index (χ3n) is 2.76. The van der Waals surface area contributed by atoms with E-state index >= 15 is 0 Å². The maximum Gasteiger partial charge on any atom is 0.129 e. The molecule has 0 unspecified atom stereocenters. The van der Waals surface area contributed by atoms with E-state index in [0.717, 1.165) is 25.3 Å². The predicted octanol–water partition coefficient (Wildman–Crippen LogP) is 1.31. The van der Waals surface area contributed by atoms with E-state index in [9.17, 15) is 0 Å². The summed E-state index contributed by atoms with van der Waals surface area (Å²) in [5.41, 5.74) is 0. The van der Waals surface area contributed by atoms with Gasteiger partial charge < -0.3 is 14.8 Å². The van der Waals surface area contributed by atoms with E-state index < -0.39 is 0 Å². The van der Waals surface area contributed by atoms with Gasteiger partial charge in [-0.05, 0) is 44.0 Å². The number of hydrogen-bond donors (Lipinski definition) is 2. The molecular weight excluding hydrogens is 178 g/mol. The molecule has 0 saturated carbocycles. The lowest BCUT2D eigenvalue weighted by Gasteiger charge is -2.21. The first-order valence-corrected chi connectivity index (χ1v) is 5.27. The minimum absolute atomic E-state index is 0.00289. The SMILES string of the molecule is OCc1ccc(C[C@H]2CCCNC2)o1. The Morgan fingerprint density at radius 1 is 1.43 bits per heavy atom. The minimum Gasteiger partial charge on any atom is -0.464 e. The van der Waals surface area contributed by atoms with Gasteiger partial charge in [-0.15, -0.1) is 0 Å². The molecule has 14 heavy (non-hydrogen) atoms. The summed E-state index contributed by atoms with van der Waals surface area (Å²) in [5.74, 6) is 2.37. The van der Waals surface area contributed by atoms with E-state index in [1.54, 1.807) is 0 Å². The van der Waals surface area contributed by atoms with E-state index in [4.69, 9.17) is 9.52 Å². The van der Waals surface area contributed by atoms with Gasteiger partial charge in [0.1, 0.15) is 18.1 Å². The van der Waals surface area contributed by atoms with Gasteiger partial charge in [0.05, 0.1) is 0 Å². The van der Waals surface area contributed by atoms with Crippen LogP contribution >= 0.6 is 0 Å². The highest BCUT2D eigenvalue weighted by molar-refractivity contribution is 5.07. The third-order valence-corrected chi connectivity index (χ3v) is 2.76. The molecule has 1 aromatic rings. The van der Waals surface area contributed by atoms with Gasteiger partial charge in [-0.2, -0.15) is 0 Å². The lowest BCUT2D eigenvalue weighted by molar-refractivity contribution is 0.240. The van der Waals surface area contributed by atoms with Crippen molar-refractivity contribution in [3.63, 3.8) is 0 Å². The molecule has 1 saturated heterocycles. The molecule has 1 aliphatic heterocycles. The molecule has 3 nitrogen and oxygen atoms in total. The summed E-state index contributed by atoms with van der Waals surface area (Å²) < 4.78 is 5.46. The molecule has 78 valence electrons. The Morgan fingerprint density at radius 3 is 2.93 bits per heavy atom. The van der Waals surface area contributed by atoms with Gasteiger partial charge in [0.15, 0.2) is 0 Å². The molecule has 0 spiro atoms. The van der Waals surface area contributed by atoms with Crippen LogP contribution in [-0.4, -0.2) is 18.2 Å². The van der Waals surface area contributed by atoms with Crippen LogP contribution in [-0.2, 0) is 13.0 Å². The molecule has 1 atom stereocenters. The Labute approximate surface area is 84.1 Å². The number of furan rings is 1. The van der Waals surface area contributed by atoms with Crippen LogP contribution < -0.4 is 5.32 Å². The Hall–Kier alpha value is -0.800. The third kappa shape index (κ3) is 2.36. The van der Waals surface area contributed by atoms with Crippen LogP contribution in [0.5, 0.6) is 0 Å². The molecule has 0 aromatic carbocycles. The molecule has 1 fully saturated rings. The Kier molecular flexibility index (Phi) is 3.22. The quantitative estimate of drug-likeness (QED) is 0.764. The van der Waals surface area contributed by atoms with Crippen molar-refractivity contribution < 1.29 is 9.52 Å². The lowest BCUT2D eigenvalue weighted by atomic mass is 9.95. The first kappa shape index (κ1) is 9.74. The Morgan fingerprint density at radius 2 is 2.29 bits per heavy atom. The van der Waals surface area contributed by atoms with Crippen LogP contribution in [0.15, 0.2) is 16.5 Å². The van der Waals surface area contributed by atoms with Gasteiger partial charge in [0.2, 0.25) is 0 Å². The van der Waals surface area contributed by atoms with E-state index in [1.807, 2.05) is 12.1 Å². The first-order chi connectivity index (χ1) is 6.88. The van der Waals surface area contributed by atoms with E-state index in [0.29, 0.717) is 11.7 Å². The van der Waals surface area contributed by atoms with Gasteiger partial charge in [-0.25, -0.2) is 0 Å². The van der Waals surface area contributed by atoms with Gasteiger partial charge >= 0.3 is 0 Å². The van der Waals surface area contributed by atoms with Crippen molar-refractivity contribution in [3.8, 4) is 0 Å². The summed E-state index contributed by atoms with van der Waals surface area (Å²) >= 11 is 0. The molecule has 0 radical (unpaired) electrons. The summed E-state index contributed by atoms with van der Waals surface area (Å²) in [6, 6.07) is 3.83. The highest BCUT2D eigenvalue weighted by Gasteiger charge is 2.15. The van der Waals surface area contributed by atoms with Gasteiger partial charge in [0, 0.05) is 6.42 Å². The number of rotatable bonds is 3. The zero-order chi connectivity index (χ0) is 9.80. The molecule has 2 rings (SSSR count). The van der Waals surface area contributed by atoms with Crippen LogP contribution in [0, 0.1) is 5.92 Å². The summed E-state index contributed by atoms with van der Waals surface area (Å²) in [7, 11) is 0.